The summed E-state index contributed by atoms with van der Waals surface area (Å²) in [5.41, 5.74) is 0. The maximum Gasteiger partial charge on any atom is 0.157 e. The van der Waals surface area contributed by atoms with Gasteiger partial charge in [0.15, 0.2) is 7.60 Å². The number of rotatable bonds is 1. The van der Waals surface area contributed by atoms with Crippen LogP contribution >= 0.6 is 7.60 Å². The molecule has 4 nitrogen and oxygen atoms in total. The van der Waals surface area contributed by atoms with Crippen molar-refractivity contribution in [2.24, 2.45) is 0 Å². The Morgan fingerprint density at radius 1 is 1.83 bits per heavy atom. The highest BCUT2D eigenvalue weighted by atomic mass is 31.2. The van der Waals surface area contributed by atoms with Gasteiger partial charge in [0.1, 0.15) is 6.35 Å². The van der Waals surface area contributed by atoms with Gasteiger partial charge in [-0.1, -0.05) is 0 Å². The van der Waals surface area contributed by atoms with E-state index in [4.69, 9.17) is 10.00 Å². The van der Waals surface area contributed by atoms with E-state index >= 15 is 0 Å². The first kappa shape index (κ1) is 6.11. The quantitative estimate of drug-likeness (QED) is 0.403. The van der Waals surface area contributed by atoms with Crippen LogP contribution in [0.2, 0.25) is 0 Å². The Kier molecular flexibility index (Phi) is 1.74. The summed E-state index contributed by atoms with van der Waals surface area (Å²) in [6.45, 7) is 0. The molecule has 0 saturated heterocycles. The van der Waals surface area contributed by atoms with Crippen molar-refractivity contribution in [1.29, 1.82) is 0 Å². The van der Waals surface area contributed by atoms with E-state index in [-0.39, 0.29) is 0 Å². The maximum atomic E-state index is 9.33. The molecular weight excluding hydrogens is 107 g/mol. The van der Waals surface area contributed by atoms with Crippen LogP contribution < -0.4 is 4.89 Å². The fourth-order valence-electron chi connectivity index (χ4n) is 0. The molecule has 6 heavy (non-hydrogen) atoms. The summed E-state index contributed by atoms with van der Waals surface area (Å²) in [7, 11) is -4.34. The highest BCUT2D eigenvalue weighted by Gasteiger charge is 1.92. The summed E-state index contributed by atoms with van der Waals surface area (Å²) >= 11 is 0. The zero-order valence-electron chi connectivity index (χ0n) is 2.87. The van der Waals surface area contributed by atoms with E-state index < -0.39 is 13.9 Å². The van der Waals surface area contributed by atoms with Crippen molar-refractivity contribution < 1.29 is 19.5 Å². The van der Waals surface area contributed by atoms with Crippen LogP contribution in [-0.2, 0) is 4.57 Å². The molecule has 2 N–H and O–H groups in total. The Balaban J connectivity index is 3.48. The Morgan fingerprint density at radius 3 is 2.00 bits per heavy atom. The van der Waals surface area contributed by atoms with Gasteiger partial charge in [-0.15, -0.1) is 0 Å². The van der Waals surface area contributed by atoms with Crippen molar-refractivity contribution in [2.75, 3.05) is 6.35 Å². The molecule has 1 atom stereocenters. The number of aliphatic hydroxyl groups is 1. The Hall–Kier alpha value is 0.110. The first-order valence-corrected chi connectivity index (χ1v) is 2.96. The predicted molar refractivity (Wildman–Crippen MR) is 16.9 cm³/mol. The third-order valence-electron chi connectivity index (χ3n) is 0.179. The van der Waals surface area contributed by atoms with Crippen molar-refractivity contribution in [2.45, 2.75) is 0 Å². The fraction of sp³-hybridized carbons (Fsp3) is 1.00. The minimum atomic E-state index is -4.34. The molecule has 38 valence electrons. The van der Waals surface area contributed by atoms with Gasteiger partial charge >= 0.3 is 0 Å². The smallest absolute Gasteiger partial charge is 0.157 e. The third-order valence-corrected chi connectivity index (χ3v) is 0.536. The van der Waals surface area contributed by atoms with Gasteiger partial charge < -0.3 is 19.5 Å². The Morgan fingerprint density at radius 2 is 2.00 bits per heavy atom. The SMILES string of the molecule is O=P([O-])(O)CO. The van der Waals surface area contributed by atoms with Gasteiger partial charge in [0.2, 0.25) is 0 Å². The average Bonchev–Trinajstić information content (AvgIpc) is 1.35. The van der Waals surface area contributed by atoms with Gasteiger partial charge in [-0.05, 0) is 0 Å². The van der Waals surface area contributed by atoms with Crippen LogP contribution in [0.15, 0.2) is 0 Å². The summed E-state index contributed by atoms with van der Waals surface area (Å²) in [6.07, 6.45) is -1.17. The predicted octanol–water partition coefficient (Wildman–Crippen LogP) is -1.52. The molecule has 0 fully saturated rings. The monoisotopic (exact) mass is 111 g/mol. The van der Waals surface area contributed by atoms with Gasteiger partial charge in [-0.3, -0.25) is 0 Å². The molecule has 0 radical (unpaired) electrons. The molecule has 0 aromatic rings. The molecule has 0 rings (SSSR count). The van der Waals surface area contributed by atoms with E-state index in [1.54, 1.807) is 0 Å². The molecule has 0 heterocycles. The lowest BCUT2D eigenvalue weighted by Crippen LogP contribution is -2.01. The van der Waals surface area contributed by atoms with Crippen molar-refractivity contribution in [3.63, 3.8) is 0 Å². The van der Waals surface area contributed by atoms with Crippen LogP contribution in [0.25, 0.3) is 0 Å². The normalized spacial score (nSPS) is 19.8. The molecule has 0 aliphatic heterocycles. The lowest BCUT2D eigenvalue weighted by molar-refractivity contribution is -0.197. The Labute approximate surface area is 34.6 Å². The molecule has 0 aliphatic carbocycles. The van der Waals surface area contributed by atoms with Crippen LogP contribution in [0.3, 0.4) is 0 Å². The summed E-state index contributed by atoms with van der Waals surface area (Å²) in [5, 5.41) is 7.58. The zero-order valence-corrected chi connectivity index (χ0v) is 3.76. The highest BCUT2D eigenvalue weighted by Crippen LogP contribution is 2.25. The third kappa shape index (κ3) is 4.11. The second kappa shape index (κ2) is 1.71. The van der Waals surface area contributed by atoms with E-state index in [1.807, 2.05) is 0 Å². The van der Waals surface area contributed by atoms with E-state index in [1.165, 1.54) is 0 Å². The molecule has 0 aromatic carbocycles. The van der Waals surface area contributed by atoms with Crippen molar-refractivity contribution in [1.82, 2.24) is 0 Å². The average molecular weight is 111 g/mol. The zero-order chi connectivity index (χ0) is 5.21. The van der Waals surface area contributed by atoms with Crippen molar-refractivity contribution >= 4 is 7.60 Å². The van der Waals surface area contributed by atoms with Gasteiger partial charge in [-0.2, -0.15) is 0 Å². The summed E-state index contributed by atoms with van der Waals surface area (Å²) < 4.78 is 9.33. The lowest BCUT2D eigenvalue weighted by atomic mass is 11.7. The van der Waals surface area contributed by atoms with E-state index in [0.717, 1.165) is 0 Å². The molecule has 1 unspecified atom stereocenters. The standard InChI is InChI=1S/CH5O4P/c2-1-6(3,4)5/h2H,1H2,(H2,3,4,5)/p-1. The lowest BCUT2D eigenvalue weighted by Gasteiger charge is -2.09. The van der Waals surface area contributed by atoms with Gasteiger partial charge in [0.25, 0.3) is 0 Å². The minimum absolute atomic E-state index is 1.17. The summed E-state index contributed by atoms with van der Waals surface area (Å²) in [4.78, 5) is 16.9. The first-order chi connectivity index (χ1) is 2.56. The molecule has 0 bridgehead atoms. The molecular formula is CH4O4P-. The minimum Gasteiger partial charge on any atom is -0.777 e. The van der Waals surface area contributed by atoms with Crippen LogP contribution in [0.4, 0.5) is 0 Å². The molecule has 0 aromatic heterocycles. The van der Waals surface area contributed by atoms with Gasteiger partial charge in [0.05, 0.1) is 0 Å². The van der Waals surface area contributed by atoms with E-state index in [2.05, 4.69) is 0 Å². The maximum absolute atomic E-state index is 9.33. The fourth-order valence-corrected chi connectivity index (χ4v) is 0. The second-order valence-electron chi connectivity index (χ2n) is 0.779. The topological polar surface area (TPSA) is 80.6 Å². The summed E-state index contributed by atoms with van der Waals surface area (Å²) in [6, 6.07) is 0. The molecule has 5 heteroatoms. The largest absolute Gasteiger partial charge is 0.777 e. The number of aliphatic hydroxyl groups excluding tert-OH is 1. The van der Waals surface area contributed by atoms with Crippen LogP contribution in [-0.4, -0.2) is 16.3 Å². The number of hydrogen-bond acceptors (Lipinski definition) is 3. The van der Waals surface area contributed by atoms with Crippen LogP contribution in [0, 0.1) is 0 Å². The first-order valence-electron chi connectivity index (χ1n) is 1.20. The molecule has 0 amide bonds. The van der Waals surface area contributed by atoms with Gasteiger partial charge in [-0.25, -0.2) is 0 Å². The van der Waals surface area contributed by atoms with Crippen LogP contribution in [0.5, 0.6) is 0 Å². The molecule has 0 aliphatic rings. The highest BCUT2D eigenvalue weighted by molar-refractivity contribution is 7.49. The second-order valence-corrected chi connectivity index (χ2v) is 2.34. The number of hydrogen-bond donors (Lipinski definition) is 2. The van der Waals surface area contributed by atoms with E-state index in [0.29, 0.717) is 0 Å². The Bertz CT molecular complexity index is 71.6. The van der Waals surface area contributed by atoms with Gasteiger partial charge in [0, 0.05) is 0 Å². The van der Waals surface area contributed by atoms with Crippen molar-refractivity contribution in [3.05, 3.63) is 0 Å². The van der Waals surface area contributed by atoms with E-state index in [9.17, 15) is 9.46 Å². The van der Waals surface area contributed by atoms with Crippen molar-refractivity contribution in [3.8, 4) is 0 Å². The van der Waals surface area contributed by atoms with Crippen LogP contribution in [0.1, 0.15) is 0 Å². The summed E-state index contributed by atoms with van der Waals surface area (Å²) in [5.74, 6) is 0. The molecule has 0 spiro atoms. The molecule has 0 saturated carbocycles.